The Morgan fingerprint density at radius 2 is 2.20 bits per heavy atom. The van der Waals surface area contributed by atoms with Crippen molar-refractivity contribution in [2.45, 2.75) is 0 Å². The summed E-state index contributed by atoms with van der Waals surface area (Å²) in [7, 11) is 1.88. The average Bonchev–Trinajstić information content (AvgIpc) is 3.05. The number of benzene rings is 1. The minimum Gasteiger partial charge on any atom is -0.399 e. The minimum absolute atomic E-state index is 0.422. The van der Waals surface area contributed by atoms with Crippen LogP contribution in [0.1, 0.15) is 11.5 Å². The van der Waals surface area contributed by atoms with E-state index in [1.807, 2.05) is 48.2 Å². The van der Waals surface area contributed by atoms with Crippen LogP contribution in [0.25, 0.3) is 23.8 Å². The summed E-state index contributed by atoms with van der Waals surface area (Å²) in [6.07, 6.45) is 7.13. The molecule has 2 N–H and O–H groups in total. The monoisotopic (exact) mass is 267 g/mol. The molecule has 0 radical (unpaired) electrons. The zero-order valence-corrected chi connectivity index (χ0v) is 10.9. The van der Waals surface area contributed by atoms with E-state index in [2.05, 4.69) is 15.1 Å². The molecule has 0 atom stereocenters. The lowest BCUT2D eigenvalue weighted by Gasteiger charge is -1.94. The zero-order valence-electron chi connectivity index (χ0n) is 10.9. The molecule has 3 aromatic rings. The lowest BCUT2D eigenvalue weighted by Crippen LogP contribution is -1.92. The fraction of sp³-hybridized carbons (Fsp3) is 0.0714. The van der Waals surface area contributed by atoms with Crippen molar-refractivity contribution in [2.24, 2.45) is 7.05 Å². The van der Waals surface area contributed by atoms with Gasteiger partial charge in [-0.15, -0.1) is 0 Å². The number of imidazole rings is 1. The van der Waals surface area contributed by atoms with Crippen LogP contribution < -0.4 is 5.73 Å². The van der Waals surface area contributed by atoms with Gasteiger partial charge in [0.05, 0.1) is 0 Å². The molecule has 0 spiro atoms. The molecule has 0 bridgehead atoms. The second-order valence-electron chi connectivity index (χ2n) is 4.32. The number of anilines is 1. The highest BCUT2D eigenvalue weighted by Gasteiger charge is 2.10. The van der Waals surface area contributed by atoms with Crippen LogP contribution >= 0.6 is 0 Å². The van der Waals surface area contributed by atoms with Crippen LogP contribution in [0.15, 0.2) is 41.2 Å². The Balaban J connectivity index is 1.83. The Labute approximate surface area is 115 Å². The van der Waals surface area contributed by atoms with E-state index >= 15 is 0 Å². The van der Waals surface area contributed by atoms with Crippen LogP contribution in [0.4, 0.5) is 5.69 Å². The topological polar surface area (TPSA) is 82.8 Å². The smallest absolute Gasteiger partial charge is 0.251 e. The van der Waals surface area contributed by atoms with E-state index in [4.69, 9.17) is 10.3 Å². The predicted octanol–water partition coefficient (Wildman–Crippen LogP) is 2.22. The molecule has 20 heavy (non-hydrogen) atoms. The quantitative estimate of drug-likeness (QED) is 0.736. The predicted molar refractivity (Wildman–Crippen MR) is 76.3 cm³/mol. The molecule has 1 aromatic carbocycles. The van der Waals surface area contributed by atoms with Crippen LogP contribution in [0.5, 0.6) is 0 Å². The molecule has 6 nitrogen and oxygen atoms in total. The van der Waals surface area contributed by atoms with Gasteiger partial charge in [0.1, 0.15) is 0 Å². The van der Waals surface area contributed by atoms with E-state index in [9.17, 15) is 0 Å². The third-order valence-corrected chi connectivity index (χ3v) is 2.79. The van der Waals surface area contributed by atoms with E-state index in [1.165, 1.54) is 0 Å². The molecule has 0 fully saturated rings. The Kier molecular flexibility index (Phi) is 3.04. The van der Waals surface area contributed by atoms with E-state index in [0.717, 1.165) is 5.56 Å². The van der Waals surface area contributed by atoms with Crippen molar-refractivity contribution in [3.8, 4) is 11.6 Å². The summed E-state index contributed by atoms with van der Waals surface area (Å²) in [6.45, 7) is 0. The van der Waals surface area contributed by atoms with Gasteiger partial charge in [0, 0.05) is 31.2 Å². The molecule has 3 rings (SSSR count). The van der Waals surface area contributed by atoms with Crippen molar-refractivity contribution < 1.29 is 4.52 Å². The number of hydrogen-bond donors (Lipinski definition) is 1. The van der Waals surface area contributed by atoms with Gasteiger partial charge in [0.2, 0.25) is 5.82 Å². The Hall–Kier alpha value is -2.89. The molecule has 6 heteroatoms. The molecule has 0 saturated heterocycles. The summed E-state index contributed by atoms with van der Waals surface area (Å²) in [6, 6.07) is 7.54. The molecule has 0 aliphatic heterocycles. The number of aryl methyl sites for hydroxylation is 1. The highest BCUT2D eigenvalue weighted by Crippen LogP contribution is 2.14. The average molecular weight is 267 g/mol. The molecule has 0 amide bonds. The van der Waals surface area contributed by atoms with Gasteiger partial charge in [-0.25, -0.2) is 4.98 Å². The fourth-order valence-corrected chi connectivity index (χ4v) is 1.80. The number of aromatic nitrogens is 4. The second kappa shape index (κ2) is 5.00. The number of nitrogens with zero attached hydrogens (tertiary/aromatic N) is 4. The summed E-state index contributed by atoms with van der Waals surface area (Å²) < 4.78 is 6.99. The summed E-state index contributed by atoms with van der Waals surface area (Å²) >= 11 is 0. The molecular weight excluding hydrogens is 254 g/mol. The first-order valence-corrected chi connectivity index (χ1v) is 6.07. The molecule has 100 valence electrons. The van der Waals surface area contributed by atoms with Gasteiger partial charge in [-0.05, 0) is 23.8 Å². The number of rotatable bonds is 3. The van der Waals surface area contributed by atoms with E-state index in [1.54, 1.807) is 12.3 Å². The molecule has 2 heterocycles. The maximum Gasteiger partial charge on any atom is 0.251 e. The van der Waals surface area contributed by atoms with Gasteiger partial charge < -0.3 is 14.8 Å². The summed E-state index contributed by atoms with van der Waals surface area (Å²) in [4.78, 5) is 8.44. The van der Waals surface area contributed by atoms with E-state index < -0.39 is 0 Å². The van der Waals surface area contributed by atoms with Crippen LogP contribution in [0.2, 0.25) is 0 Å². The first kappa shape index (κ1) is 12.2. The standard InChI is InChI=1S/C14H13N5O/c1-19-8-7-16-14(19)13-17-12(20-18-13)6-5-10-3-2-4-11(15)9-10/h2-9H,15H2,1H3/b6-5+. The van der Waals surface area contributed by atoms with Gasteiger partial charge in [0.25, 0.3) is 5.89 Å². The van der Waals surface area contributed by atoms with Crippen molar-refractivity contribution >= 4 is 17.8 Å². The molecule has 0 unspecified atom stereocenters. The first-order chi connectivity index (χ1) is 9.72. The van der Waals surface area contributed by atoms with Gasteiger partial charge in [0.15, 0.2) is 5.82 Å². The number of nitrogen functional groups attached to an aromatic ring is 1. The van der Waals surface area contributed by atoms with Crippen LogP contribution in [0.3, 0.4) is 0 Å². The summed E-state index contributed by atoms with van der Waals surface area (Å²) in [5.74, 6) is 1.55. The van der Waals surface area contributed by atoms with Gasteiger partial charge in [-0.2, -0.15) is 4.98 Å². The minimum atomic E-state index is 0.422. The SMILES string of the molecule is Cn1ccnc1-c1noc(/C=C/c2cccc(N)c2)n1. The zero-order chi connectivity index (χ0) is 13.9. The maximum atomic E-state index is 5.72. The number of nitrogens with two attached hydrogens (primary N) is 1. The van der Waals surface area contributed by atoms with Crippen molar-refractivity contribution in [1.82, 2.24) is 19.7 Å². The largest absolute Gasteiger partial charge is 0.399 e. The van der Waals surface area contributed by atoms with Gasteiger partial charge >= 0.3 is 0 Å². The van der Waals surface area contributed by atoms with Gasteiger partial charge in [-0.1, -0.05) is 17.3 Å². The van der Waals surface area contributed by atoms with Crippen LogP contribution in [-0.4, -0.2) is 19.7 Å². The van der Waals surface area contributed by atoms with E-state index in [0.29, 0.717) is 23.2 Å². The molecular formula is C14H13N5O. The second-order valence-corrected chi connectivity index (χ2v) is 4.32. The summed E-state index contributed by atoms with van der Waals surface area (Å²) in [5.41, 5.74) is 7.40. The van der Waals surface area contributed by atoms with Crippen molar-refractivity contribution in [1.29, 1.82) is 0 Å². The normalized spacial score (nSPS) is 11.2. The third kappa shape index (κ3) is 2.44. The molecule has 0 saturated carbocycles. The summed E-state index contributed by atoms with van der Waals surface area (Å²) in [5, 5.41) is 3.90. The first-order valence-electron chi connectivity index (χ1n) is 6.07. The Morgan fingerprint density at radius 3 is 2.95 bits per heavy atom. The Bertz CT molecular complexity index is 756. The molecule has 0 aliphatic rings. The lowest BCUT2D eigenvalue weighted by atomic mass is 10.2. The molecule has 0 aliphatic carbocycles. The van der Waals surface area contributed by atoms with Crippen molar-refractivity contribution in [3.63, 3.8) is 0 Å². The van der Waals surface area contributed by atoms with E-state index in [-0.39, 0.29) is 0 Å². The number of hydrogen-bond acceptors (Lipinski definition) is 5. The van der Waals surface area contributed by atoms with Gasteiger partial charge in [-0.3, -0.25) is 0 Å². The highest BCUT2D eigenvalue weighted by atomic mass is 16.5. The Morgan fingerprint density at radius 1 is 1.30 bits per heavy atom. The third-order valence-electron chi connectivity index (χ3n) is 2.79. The van der Waals surface area contributed by atoms with Crippen LogP contribution in [0, 0.1) is 0 Å². The fourth-order valence-electron chi connectivity index (χ4n) is 1.80. The van der Waals surface area contributed by atoms with Crippen molar-refractivity contribution in [2.75, 3.05) is 5.73 Å². The van der Waals surface area contributed by atoms with Crippen molar-refractivity contribution in [3.05, 3.63) is 48.1 Å². The maximum absolute atomic E-state index is 5.72. The lowest BCUT2D eigenvalue weighted by molar-refractivity contribution is 0.411. The molecule has 2 aromatic heterocycles. The van der Waals surface area contributed by atoms with Crippen LogP contribution in [-0.2, 0) is 7.05 Å². The highest BCUT2D eigenvalue weighted by molar-refractivity contribution is 5.68.